The number of hydrogen-bond donors (Lipinski definition) is 2. The van der Waals surface area contributed by atoms with Crippen LogP contribution in [0.4, 0.5) is 11.6 Å². The van der Waals surface area contributed by atoms with Crippen molar-refractivity contribution in [2.75, 3.05) is 17.2 Å². The van der Waals surface area contributed by atoms with E-state index in [0.29, 0.717) is 12.2 Å². The van der Waals surface area contributed by atoms with Crippen molar-refractivity contribution >= 4 is 17.5 Å². The average Bonchev–Trinajstić information content (AvgIpc) is 2.28. The largest absolute Gasteiger partial charge is 0.369 e. The van der Waals surface area contributed by atoms with Crippen LogP contribution in [0.1, 0.15) is 33.1 Å². The summed E-state index contributed by atoms with van der Waals surface area (Å²) in [5.41, 5.74) is 0. The highest BCUT2D eigenvalue weighted by atomic mass is 16.1. The number of carbonyl (C=O) groups excluding carboxylic acids is 1. The fraction of sp³-hybridized carbons (Fsp3) is 0.545. The van der Waals surface area contributed by atoms with Crippen molar-refractivity contribution in [1.29, 1.82) is 0 Å². The topological polar surface area (TPSA) is 66.9 Å². The second kappa shape index (κ2) is 6.76. The average molecular weight is 222 g/mol. The molecule has 0 unspecified atom stereocenters. The third kappa shape index (κ3) is 4.25. The molecule has 16 heavy (non-hydrogen) atoms. The Morgan fingerprint density at radius 1 is 1.19 bits per heavy atom. The molecule has 1 aromatic heterocycles. The first kappa shape index (κ1) is 12.4. The van der Waals surface area contributed by atoms with E-state index in [4.69, 9.17) is 0 Å². The molecular formula is C11H18N4O. The molecule has 0 aliphatic rings. The molecule has 2 N–H and O–H groups in total. The van der Waals surface area contributed by atoms with Gasteiger partial charge in [0.25, 0.3) is 0 Å². The van der Waals surface area contributed by atoms with E-state index < -0.39 is 0 Å². The normalized spacial score (nSPS) is 9.88. The van der Waals surface area contributed by atoms with Crippen molar-refractivity contribution in [1.82, 2.24) is 10.2 Å². The van der Waals surface area contributed by atoms with Crippen LogP contribution in [0.2, 0.25) is 0 Å². The molecule has 0 spiro atoms. The van der Waals surface area contributed by atoms with E-state index >= 15 is 0 Å². The Labute approximate surface area is 95.7 Å². The van der Waals surface area contributed by atoms with Gasteiger partial charge in [-0.2, -0.15) is 0 Å². The van der Waals surface area contributed by atoms with Crippen LogP contribution in [0.3, 0.4) is 0 Å². The highest BCUT2D eigenvalue weighted by Gasteiger charge is 2.02. The zero-order chi connectivity index (χ0) is 11.8. The lowest BCUT2D eigenvalue weighted by Gasteiger charge is -2.05. The van der Waals surface area contributed by atoms with Crippen LogP contribution in [0.25, 0.3) is 0 Å². The van der Waals surface area contributed by atoms with E-state index in [1.54, 1.807) is 6.07 Å². The van der Waals surface area contributed by atoms with Gasteiger partial charge in [-0.3, -0.25) is 4.79 Å². The number of nitrogens with one attached hydrogen (secondary N) is 2. The Hall–Kier alpha value is -1.65. The Morgan fingerprint density at radius 3 is 2.44 bits per heavy atom. The monoisotopic (exact) mass is 222 g/mol. The number of aromatic nitrogens is 2. The highest BCUT2D eigenvalue weighted by Crippen LogP contribution is 2.06. The van der Waals surface area contributed by atoms with Crippen molar-refractivity contribution in [3.8, 4) is 0 Å². The summed E-state index contributed by atoms with van der Waals surface area (Å²) >= 11 is 0. The molecule has 0 aliphatic heterocycles. The molecule has 0 fully saturated rings. The van der Waals surface area contributed by atoms with E-state index in [1.165, 1.54) is 0 Å². The first-order valence-corrected chi connectivity index (χ1v) is 5.63. The third-order valence-corrected chi connectivity index (χ3v) is 1.97. The second-order valence-corrected chi connectivity index (χ2v) is 3.53. The first-order valence-electron chi connectivity index (χ1n) is 5.63. The van der Waals surface area contributed by atoms with Crippen LogP contribution >= 0.6 is 0 Å². The Bertz CT molecular complexity index is 323. The van der Waals surface area contributed by atoms with E-state index in [-0.39, 0.29) is 5.91 Å². The first-order chi connectivity index (χ1) is 7.76. The lowest BCUT2D eigenvalue weighted by atomic mass is 10.3. The summed E-state index contributed by atoms with van der Waals surface area (Å²) in [5, 5.41) is 13.7. The number of hydrogen-bond acceptors (Lipinski definition) is 4. The van der Waals surface area contributed by atoms with Crippen LogP contribution < -0.4 is 10.6 Å². The van der Waals surface area contributed by atoms with Gasteiger partial charge >= 0.3 is 0 Å². The maximum atomic E-state index is 11.3. The molecular weight excluding hydrogens is 204 g/mol. The maximum Gasteiger partial charge on any atom is 0.225 e. The van der Waals surface area contributed by atoms with Gasteiger partial charge in [0.05, 0.1) is 0 Å². The number of anilines is 2. The van der Waals surface area contributed by atoms with Crippen LogP contribution in [0.15, 0.2) is 12.1 Å². The molecule has 1 rings (SSSR count). The Balaban J connectivity index is 2.47. The van der Waals surface area contributed by atoms with Gasteiger partial charge in [0.15, 0.2) is 5.82 Å². The molecule has 1 heterocycles. The lowest BCUT2D eigenvalue weighted by Crippen LogP contribution is -2.12. The minimum atomic E-state index is -0.0222. The SMILES string of the molecule is CCCNc1ccc(NC(=O)CCC)nn1. The van der Waals surface area contributed by atoms with Gasteiger partial charge in [0, 0.05) is 13.0 Å². The third-order valence-electron chi connectivity index (χ3n) is 1.97. The molecule has 0 saturated carbocycles. The molecule has 0 bridgehead atoms. The van der Waals surface area contributed by atoms with Gasteiger partial charge in [-0.25, -0.2) is 0 Å². The summed E-state index contributed by atoms with van der Waals surface area (Å²) in [6, 6.07) is 3.56. The quantitative estimate of drug-likeness (QED) is 0.773. The Morgan fingerprint density at radius 2 is 1.88 bits per heavy atom. The summed E-state index contributed by atoms with van der Waals surface area (Å²) in [7, 11) is 0. The van der Waals surface area contributed by atoms with Crippen LogP contribution in [-0.2, 0) is 4.79 Å². The molecule has 1 aromatic rings. The van der Waals surface area contributed by atoms with Gasteiger partial charge < -0.3 is 10.6 Å². The van der Waals surface area contributed by atoms with Gasteiger partial charge in [-0.05, 0) is 25.0 Å². The van der Waals surface area contributed by atoms with Crippen molar-refractivity contribution in [3.05, 3.63) is 12.1 Å². The number of rotatable bonds is 6. The van der Waals surface area contributed by atoms with Gasteiger partial charge in [-0.15, -0.1) is 10.2 Å². The molecule has 88 valence electrons. The van der Waals surface area contributed by atoms with Gasteiger partial charge in [0.2, 0.25) is 5.91 Å². The maximum absolute atomic E-state index is 11.3. The smallest absolute Gasteiger partial charge is 0.225 e. The lowest BCUT2D eigenvalue weighted by molar-refractivity contribution is -0.116. The minimum absolute atomic E-state index is 0.0222. The van der Waals surface area contributed by atoms with E-state index in [1.807, 2.05) is 13.0 Å². The van der Waals surface area contributed by atoms with Gasteiger partial charge in [-0.1, -0.05) is 13.8 Å². The summed E-state index contributed by atoms with van der Waals surface area (Å²) in [5.74, 6) is 1.21. The van der Waals surface area contributed by atoms with Crippen molar-refractivity contribution in [3.63, 3.8) is 0 Å². The standard InChI is InChI=1S/C11H18N4O/c1-3-5-11(16)13-10-7-6-9(14-15-10)12-8-4-2/h6-7H,3-5,8H2,1-2H3,(H,12,14)(H,13,15,16). The number of amides is 1. The molecule has 5 nitrogen and oxygen atoms in total. The predicted octanol–water partition coefficient (Wildman–Crippen LogP) is 2.04. The summed E-state index contributed by atoms with van der Waals surface area (Å²) in [4.78, 5) is 11.3. The fourth-order valence-corrected chi connectivity index (χ4v) is 1.18. The predicted molar refractivity (Wildman–Crippen MR) is 64.4 cm³/mol. The molecule has 5 heteroatoms. The zero-order valence-electron chi connectivity index (χ0n) is 9.79. The van der Waals surface area contributed by atoms with Crippen LogP contribution in [0.5, 0.6) is 0 Å². The van der Waals surface area contributed by atoms with E-state index in [2.05, 4.69) is 27.8 Å². The molecule has 0 aromatic carbocycles. The molecule has 0 saturated heterocycles. The van der Waals surface area contributed by atoms with Crippen molar-refractivity contribution < 1.29 is 4.79 Å². The van der Waals surface area contributed by atoms with Crippen molar-refractivity contribution in [2.45, 2.75) is 33.1 Å². The van der Waals surface area contributed by atoms with E-state index in [9.17, 15) is 4.79 Å². The number of nitrogens with zero attached hydrogens (tertiary/aromatic N) is 2. The van der Waals surface area contributed by atoms with Gasteiger partial charge in [0.1, 0.15) is 5.82 Å². The minimum Gasteiger partial charge on any atom is -0.369 e. The van der Waals surface area contributed by atoms with Crippen LogP contribution in [0, 0.1) is 0 Å². The second-order valence-electron chi connectivity index (χ2n) is 3.53. The zero-order valence-corrected chi connectivity index (χ0v) is 9.79. The summed E-state index contributed by atoms with van der Waals surface area (Å²) < 4.78 is 0. The fourth-order valence-electron chi connectivity index (χ4n) is 1.18. The van der Waals surface area contributed by atoms with Crippen molar-refractivity contribution in [2.24, 2.45) is 0 Å². The molecule has 0 radical (unpaired) electrons. The van der Waals surface area contributed by atoms with Crippen LogP contribution in [-0.4, -0.2) is 22.6 Å². The molecule has 1 amide bonds. The number of carbonyl (C=O) groups is 1. The molecule has 0 atom stereocenters. The summed E-state index contributed by atoms with van der Waals surface area (Å²) in [6.07, 6.45) is 2.38. The van der Waals surface area contributed by atoms with E-state index in [0.717, 1.165) is 25.2 Å². The molecule has 0 aliphatic carbocycles. The Kier molecular flexibility index (Phi) is 5.25. The summed E-state index contributed by atoms with van der Waals surface area (Å²) in [6.45, 7) is 4.92. The highest BCUT2D eigenvalue weighted by molar-refractivity contribution is 5.89.